The molecule has 354 valence electrons. The number of carbonyl (C=O) groups excluding carboxylic acids is 1. The van der Waals surface area contributed by atoms with Crippen molar-refractivity contribution in [2.45, 2.75) is 81.7 Å². The summed E-state index contributed by atoms with van der Waals surface area (Å²) in [6, 6.07) is 5.35. The number of alkyl halides is 8. The third-order valence-corrected chi connectivity index (χ3v) is 14.7. The number of carbonyl (C=O) groups is 1. The lowest BCUT2D eigenvalue weighted by Gasteiger charge is -2.23. The smallest absolute Gasteiger partial charge is 0.346 e. The van der Waals surface area contributed by atoms with Gasteiger partial charge >= 0.3 is 12.4 Å². The van der Waals surface area contributed by atoms with E-state index in [-0.39, 0.29) is 56.1 Å². The van der Waals surface area contributed by atoms with Crippen molar-refractivity contribution in [3.05, 3.63) is 93.0 Å². The fourth-order valence-corrected chi connectivity index (χ4v) is 9.36. The first-order valence-corrected chi connectivity index (χ1v) is 23.7. The Morgan fingerprint density at radius 1 is 0.970 bits per heavy atom. The predicted molar refractivity (Wildman–Crippen MR) is 221 cm³/mol. The van der Waals surface area contributed by atoms with Gasteiger partial charge in [-0.2, -0.15) is 45.3 Å². The zero-order valence-electron chi connectivity index (χ0n) is 35.0. The second-order valence-corrected chi connectivity index (χ2v) is 21.3. The van der Waals surface area contributed by atoms with Crippen LogP contribution in [0.2, 0.25) is 5.02 Å². The minimum Gasteiger partial charge on any atom is -0.346 e. The van der Waals surface area contributed by atoms with Crippen molar-refractivity contribution in [1.29, 1.82) is 0 Å². The summed E-state index contributed by atoms with van der Waals surface area (Å²) in [5.74, 6) is -5.27. The van der Waals surface area contributed by atoms with Crippen molar-refractivity contribution < 1.29 is 65.5 Å². The molecule has 2 aliphatic rings. The summed E-state index contributed by atoms with van der Waals surface area (Å²) in [4.78, 5) is 18.6. The second kappa shape index (κ2) is 16.4. The van der Waals surface area contributed by atoms with E-state index >= 15 is 8.78 Å². The molecule has 5 aromatic rings. The number of benzene rings is 2. The highest BCUT2D eigenvalue weighted by atomic mass is 35.5. The van der Waals surface area contributed by atoms with Crippen molar-refractivity contribution in [2.75, 3.05) is 23.4 Å². The lowest BCUT2D eigenvalue weighted by molar-refractivity contribution is -0.143. The highest BCUT2D eigenvalue weighted by molar-refractivity contribution is 7.92. The number of hydrogen-bond acceptors (Lipinski definition) is 8. The summed E-state index contributed by atoms with van der Waals surface area (Å²) >= 11 is 6.59. The zero-order valence-corrected chi connectivity index (χ0v) is 37.4. The molecule has 0 radical (unpaired) electrons. The first kappa shape index (κ1) is 48.5. The molecular weight excluding hydrogens is 960 g/mol. The van der Waals surface area contributed by atoms with E-state index in [1.54, 1.807) is 0 Å². The average molecular weight is 996 g/mol. The van der Waals surface area contributed by atoms with E-state index in [2.05, 4.69) is 32.3 Å². The molecule has 2 aromatic carbocycles. The van der Waals surface area contributed by atoms with Crippen LogP contribution in [-0.2, 0) is 56.3 Å². The van der Waals surface area contributed by atoms with Crippen molar-refractivity contribution in [2.24, 2.45) is 5.92 Å². The molecular formula is C41H36ClF10N7O5S2. The largest absolute Gasteiger partial charge is 0.435 e. The van der Waals surface area contributed by atoms with Gasteiger partial charge in [0.25, 0.3) is 5.92 Å². The van der Waals surface area contributed by atoms with Crippen LogP contribution >= 0.6 is 11.6 Å². The number of anilines is 1. The average Bonchev–Trinajstić information content (AvgIpc) is 3.68. The van der Waals surface area contributed by atoms with Gasteiger partial charge in [-0.15, -0.1) is 0 Å². The topological polar surface area (TPSA) is 149 Å². The monoisotopic (exact) mass is 995 g/mol. The minimum atomic E-state index is -5.19. The van der Waals surface area contributed by atoms with Crippen LogP contribution in [0.15, 0.2) is 42.5 Å². The first-order valence-electron chi connectivity index (χ1n) is 19.6. The molecule has 25 heteroatoms. The van der Waals surface area contributed by atoms with Crippen LogP contribution in [0.5, 0.6) is 0 Å². The Bertz CT molecular complexity index is 3080. The number of fused-ring (bicyclic) bond motifs is 4. The highest BCUT2D eigenvalue weighted by Gasteiger charge is 2.68. The number of hydrogen-bond donors (Lipinski definition) is 1. The maximum Gasteiger partial charge on any atom is 0.435 e. The summed E-state index contributed by atoms with van der Waals surface area (Å²) < 4.78 is 196. The Morgan fingerprint density at radius 3 is 2.18 bits per heavy atom. The van der Waals surface area contributed by atoms with E-state index < -0.39 is 126 Å². The van der Waals surface area contributed by atoms with Crippen LogP contribution in [-0.4, -0.2) is 77.3 Å². The summed E-state index contributed by atoms with van der Waals surface area (Å²) in [7, 11) is -8.07. The van der Waals surface area contributed by atoms with E-state index in [0.29, 0.717) is 15.1 Å². The van der Waals surface area contributed by atoms with Gasteiger partial charge in [0.05, 0.1) is 33.9 Å². The number of nitrogens with one attached hydrogen (secondary N) is 1. The number of sulfone groups is 1. The summed E-state index contributed by atoms with van der Waals surface area (Å²) in [5, 5.41) is 9.32. The number of pyridine rings is 1. The summed E-state index contributed by atoms with van der Waals surface area (Å²) in [6.07, 6.45) is -9.37. The van der Waals surface area contributed by atoms with Gasteiger partial charge in [0.15, 0.2) is 21.3 Å². The first-order chi connectivity index (χ1) is 30.3. The molecule has 3 atom stereocenters. The number of amides is 1. The van der Waals surface area contributed by atoms with Crippen molar-refractivity contribution in [3.63, 3.8) is 0 Å². The van der Waals surface area contributed by atoms with Crippen molar-refractivity contribution >= 4 is 54.1 Å². The van der Waals surface area contributed by atoms with Gasteiger partial charge in [-0.1, -0.05) is 23.6 Å². The lowest BCUT2D eigenvalue weighted by Crippen LogP contribution is -2.35. The molecule has 0 unspecified atom stereocenters. The SMILES string of the molecule is CCN(c1nn(CC(F)(F)F)c2c(-c3ccc(C#CC(C)(C)S(C)(=O)=O)nc3[C@H](Cc3cc(F)cc(F)c3)NC(=O)Cn3nc(C(F)(F)F)c4c3C(F)(F)[C@@H]3C[C@H]43)ccc(Cl)c12)S(C)(=O)=O. The van der Waals surface area contributed by atoms with E-state index in [1.807, 2.05) is 0 Å². The number of halogens is 11. The molecule has 3 aromatic heterocycles. The Labute approximate surface area is 375 Å². The molecule has 0 spiro atoms. The molecule has 2 aliphatic carbocycles. The van der Waals surface area contributed by atoms with Gasteiger partial charge in [-0.3, -0.25) is 18.5 Å². The molecule has 0 aliphatic heterocycles. The molecule has 1 N–H and O–H groups in total. The molecule has 1 fully saturated rings. The molecule has 1 amide bonds. The van der Waals surface area contributed by atoms with Crippen LogP contribution < -0.4 is 9.62 Å². The van der Waals surface area contributed by atoms with E-state index in [4.69, 9.17) is 11.6 Å². The fourth-order valence-electron chi connectivity index (χ4n) is 7.97. The van der Waals surface area contributed by atoms with Gasteiger partial charge in [0, 0.05) is 41.5 Å². The van der Waals surface area contributed by atoms with Gasteiger partial charge < -0.3 is 5.32 Å². The molecule has 12 nitrogen and oxygen atoms in total. The second-order valence-electron chi connectivity index (χ2n) is 16.4. The summed E-state index contributed by atoms with van der Waals surface area (Å²) in [5.41, 5.74) is -5.08. The van der Waals surface area contributed by atoms with Gasteiger partial charge in [-0.25, -0.2) is 30.6 Å². The number of nitrogens with zero attached hydrogens (tertiary/aromatic N) is 6. The van der Waals surface area contributed by atoms with Gasteiger partial charge in [0.2, 0.25) is 15.9 Å². The lowest BCUT2D eigenvalue weighted by atomic mass is 9.93. The van der Waals surface area contributed by atoms with Gasteiger partial charge in [-0.05, 0) is 81.3 Å². The quantitative estimate of drug-likeness (QED) is 0.0975. The van der Waals surface area contributed by atoms with Crippen LogP contribution in [0.1, 0.15) is 73.1 Å². The standard InChI is InChI=1S/C41H36ClF10N7O5S2/c1-6-59(66(5,63)64)37-32-28(42)10-9-25(34(32)58(56-37)19-39(45,46)47)24-8-7-23(11-12-38(2,3)65(4,61)62)53-33(24)29(15-20-13-21(43)16-22(44)14-20)54-30(60)18-57-36-31(35(55-57)41(50,51)52)26-17-27(26)40(36,48)49/h7-10,13-14,16,26-27,29H,6,15,17-19H2,1-5H3,(H,54,60)/t26-,27+,29-/m0/s1. The number of rotatable bonds is 12. The van der Waals surface area contributed by atoms with Crippen LogP contribution in [0.4, 0.5) is 49.7 Å². The molecule has 1 saturated carbocycles. The van der Waals surface area contributed by atoms with Crippen LogP contribution in [0, 0.1) is 29.4 Å². The highest BCUT2D eigenvalue weighted by Crippen LogP contribution is 2.68. The van der Waals surface area contributed by atoms with Crippen molar-refractivity contribution in [1.82, 2.24) is 29.9 Å². The maximum absolute atomic E-state index is 15.5. The van der Waals surface area contributed by atoms with Gasteiger partial charge in [0.1, 0.15) is 40.9 Å². The number of sulfonamides is 1. The number of aromatic nitrogens is 5. The fraction of sp³-hybridized carbons (Fsp3) is 0.415. The van der Waals surface area contributed by atoms with E-state index in [0.717, 1.165) is 24.6 Å². The Kier molecular flexibility index (Phi) is 12.1. The van der Waals surface area contributed by atoms with E-state index in [9.17, 15) is 56.8 Å². The summed E-state index contributed by atoms with van der Waals surface area (Å²) in [6.45, 7) is 0.536. The van der Waals surface area contributed by atoms with Crippen LogP contribution in [0.3, 0.4) is 0 Å². The third-order valence-electron chi connectivity index (χ3n) is 11.2. The maximum atomic E-state index is 15.5. The zero-order chi connectivity index (χ0) is 48.9. The third kappa shape index (κ3) is 9.29. The Morgan fingerprint density at radius 2 is 1.61 bits per heavy atom. The normalized spacial score (nSPS) is 17.5. The van der Waals surface area contributed by atoms with Crippen molar-refractivity contribution in [3.8, 4) is 23.0 Å². The molecule has 0 bridgehead atoms. The minimum absolute atomic E-state index is 0.185. The molecule has 66 heavy (non-hydrogen) atoms. The Balaban J connectivity index is 1.47. The molecule has 3 heterocycles. The molecule has 7 rings (SSSR count). The Hall–Kier alpha value is -5.41. The van der Waals surface area contributed by atoms with Crippen LogP contribution in [0.25, 0.3) is 22.0 Å². The molecule has 0 saturated heterocycles. The predicted octanol–water partition coefficient (Wildman–Crippen LogP) is 8.08. The van der Waals surface area contributed by atoms with E-state index in [1.165, 1.54) is 45.0 Å².